The van der Waals surface area contributed by atoms with Crippen LogP contribution in [0.5, 0.6) is 0 Å². The number of carbonyl (C=O) groups is 3. The van der Waals surface area contributed by atoms with Crippen molar-refractivity contribution in [2.45, 2.75) is 361 Å². The molecule has 478 valence electrons. The largest absolute Gasteiger partial charge is 0.462 e. The van der Waals surface area contributed by atoms with Crippen LogP contribution in [0.3, 0.4) is 0 Å². The van der Waals surface area contributed by atoms with Gasteiger partial charge in [0.25, 0.3) is 0 Å². The summed E-state index contributed by atoms with van der Waals surface area (Å²) < 4.78 is 17.0. The molecule has 0 aromatic rings. The zero-order chi connectivity index (χ0) is 59.9. The molecule has 0 rings (SSSR count). The molecular formula is C77H134O6. The third-order valence-electron chi connectivity index (χ3n) is 15.6. The Kier molecular flexibility index (Phi) is 67.7. The molecule has 0 aromatic carbocycles. The van der Waals surface area contributed by atoms with Crippen LogP contribution in [0.4, 0.5) is 0 Å². The van der Waals surface area contributed by atoms with Crippen LogP contribution in [0.15, 0.2) is 97.2 Å². The first-order valence-corrected chi connectivity index (χ1v) is 35.7. The summed E-state index contributed by atoms with van der Waals surface area (Å²) in [6.45, 7) is 6.55. The van der Waals surface area contributed by atoms with Gasteiger partial charge in [-0.3, -0.25) is 14.4 Å². The van der Waals surface area contributed by atoms with Crippen LogP contribution in [-0.2, 0) is 28.6 Å². The van der Waals surface area contributed by atoms with Gasteiger partial charge in [0.05, 0.1) is 0 Å². The topological polar surface area (TPSA) is 78.9 Å². The second kappa shape index (κ2) is 70.8. The fourth-order valence-corrected chi connectivity index (χ4v) is 10.2. The van der Waals surface area contributed by atoms with Crippen molar-refractivity contribution >= 4 is 17.9 Å². The normalized spacial score (nSPS) is 12.7. The van der Waals surface area contributed by atoms with Crippen LogP contribution >= 0.6 is 0 Å². The van der Waals surface area contributed by atoms with Gasteiger partial charge in [-0.15, -0.1) is 0 Å². The van der Waals surface area contributed by atoms with Gasteiger partial charge in [-0.25, -0.2) is 0 Å². The van der Waals surface area contributed by atoms with E-state index in [1.807, 2.05) is 0 Å². The van der Waals surface area contributed by atoms with Gasteiger partial charge in [0.15, 0.2) is 6.10 Å². The summed E-state index contributed by atoms with van der Waals surface area (Å²) in [4.78, 5) is 38.5. The van der Waals surface area contributed by atoms with Crippen molar-refractivity contribution in [2.24, 2.45) is 0 Å². The van der Waals surface area contributed by atoms with E-state index in [9.17, 15) is 14.4 Å². The van der Waals surface area contributed by atoms with Crippen LogP contribution in [0, 0.1) is 0 Å². The lowest BCUT2D eigenvalue weighted by molar-refractivity contribution is -0.167. The first-order valence-electron chi connectivity index (χ1n) is 35.7. The van der Waals surface area contributed by atoms with E-state index < -0.39 is 6.10 Å². The van der Waals surface area contributed by atoms with Crippen molar-refractivity contribution in [1.29, 1.82) is 0 Å². The molecule has 83 heavy (non-hydrogen) atoms. The Hall–Kier alpha value is -3.67. The molecule has 0 bridgehead atoms. The molecular weight excluding hydrogens is 1020 g/mol. The fourth-order valence-electron chi connectivity index (χ4n) is 10.2. The number of carbonyl (C=O) groups excluding carboxylic acids is 3. The monoisotopic (exact) mass is 1160 g/mol. The van der Waals surface area contributed by atoms with Gasteiger partial charge in [0.1, 0.15) is 13.2 Å². The maximum atomic E-state index is 13.0. The number of unbranched alkanes of at least 4 members (excludes halogenated alkanes) is 38. The number of rotatable bonds is 65. The third-order valence-corrected chi connectivity index (χ3v) is 15.6. The zero-order valence-electron chi connectivity index (χ0n) is 54.9. The molecule has 0 aliphatic heterocycles. The van der Waals surface area contributed by atoms with Crippen LogP contribution in [0.25, 0.3) is 0 Å². The van der Waals surface area contributed by atoms with Gasteiger partial charge in [-0.2, -0.15) is 0 Å². The Morgan fingerprint density at radius 2 is 0.470 bits per heavy atom. The van der Waals surface area contributed by atoms with Crippen LogP contribution < -0.4 is 0 Å². The van der Waals surface area contributed by atoms with Gasteiger partial charge in [-0.05, 0) is 103 Å². The lowest BCUT2D eigenvalue weighted by Crippen LogP contribution is -2.30. The summed E-state index contributed by atoms with van der Waals surface area (Å²) in [6.07, 6.45) is 95.6. The molecule has 0 aliphatic carbocycles. The van der Waals surface area contributed by atoms with Gasteiger partial charge in [0, 0.05) is 19.3 Å². The van der Waals surface area contributed by atoms with Crippen molar-refractivity contribution in [3.8, 4) is 0 Å². The van der Waals surface area contributed by atoms with Gasteiger partial charge in [0.2, 0.25) is 0 Å². The first kappa shape index (κ1) is 79.3. The maximum absolute atomic E-state index is 13.0. The number of ether oxygens (including phenoxy) is 3. The second-order valence-corrected chi connectivity index (χ2v) is 23.8. The first-order chi connectivity index (χ1) is 41.0. The van der Waals surface area contributed by atoms with E-state index in [2.05, 4.69) is 118 Å². The number of allylic oxidation sites excluding steroid dienone is 16. The van der Waals surface area contributed by atoms with E-state index in [4.69, 9.17) is 14.2 Å². The average molecular weight is 1160 g/mol. The van der Waals surface area contributed by atoms with Crippen molar-refractivity contribution in [3.05, 3.63) is 97.2 Å². The Morgan fingerprint density at radius 1 is 0.253 bits per heavy atom. The molecule has 0 radical (unpaired) electrons. The van der Waals surface area contributed by atoms with Crippen LogP contribution in [-0.4, -0.2) is 37.2 Å². The predicted molar refractivity (Wildman–Crippen MR) is 362 cm³/mol. The highest BCUT2D eigenvalue weighted by Gasteiger charge is 2.19. The maximum Gasteiger partial charge on any atom is 0.306 e. The Balaban J connectivity index is 4.41. The van der Waals surface area contributed by atoms with Crippen LogP contribution in [0.1, 0.15) is 355 Å². The molecule has 1 atom stereocenters. The molecule has 0 saturated carbocycles. The molecule has 0 aliphatic rings. The highest BCUT2D eigenvalue weighted by molar-refractivity contribution is 5.71. The standard InChI is InChI=1S/C77H134O6/c1-4-7-10-13-16-19-22-25-28-31-34-36-38-40-43-46-49-52-55-58-61-64-67-70-76(79)82-73-74(72-81-75(78)69-66-63-60-57-54-51-48-45-42-33-30-27-24-21-18-15-12-9-6-3)83-77(80)71-68-65-62-59-56-53-50-47-44-41-39-37-35-32-29-26-23-20-17-14-11-8-5-2/h7,10,16,19,23,25-26,28,32,34-36,39-41,43,74H,4-6,8-9,11-15,17-18,20-22,24,27,29-31,33,37-38,42,44-73H2,1-3H3/b10-7-,19-16-,26-23-,28-25-,35-32-,36-34-,41-39-,43-40-. The highest BCUT2D eigenvalue weighted by atomic mass is 16.6. The van der Waals surface area contributed by atoms with Gasteiger partial charge >= 0.3 is 17.9 Å². The highest BCUT2D eigenvalue weighted by Crippen LogP contribution is 2.17. The molecule has 0 amide bonds. The molecule has 0 saturated heterocycles. The average Bonchev–Trinajstić information content (AvgIpc) is 3.49. The van der Waals surface area contributed by atoms with Crippen molar-refractivity contribution < 1.29 is 28.6 Å². The van der Waals surface area contributed by atoms with E-state index in [1.165, 1.54) is 199 Å². The van der Waals surface area contributed by atoms with Crippen molar-refractivity contribution in [1.82, 2.24) is 0 Å². The molecule has 6 heteroatoms. The Bertz CT molecular complexity index is 1610. The summed E-state index contributed by atoms with van der Waals surface area (Å²) in [5, 5.41) is 0. The minimum absolute atomic E-state index is 0.0812. The lowest BCUT2D eigenvalue weighted by Gasteiger charge is -2.18. The van der Waals surface area contributed by atoms with Gasteiger partial charge in [-0.1, -0.05) is 330 Å². The molecule has 0 N–H and O–H groups in total. The van der Waals surface area contributed by atoms with Gasteiger partial charge < -0.3 is 14.2 Å². The summed E-state index contributed by atoms with van der Waals surface area (Å²) in [6, 6.07) is 0. The summed E-state index contributed by atoms with van der Waals surface area (Å²) >= 11 is 0. The minimum atomic E-state index is -0.789. The third kappa shape index (κ3) is 69.0. The fraction of sp³-hybridized carbons (Fsp3) is 0.753. The molecule has 1 unspecified atom stereocenters. The summed E-state index contributed by atoms with van der Waals surface area (Å²) in [5.74, 6) is -0.881. The minimum Gasteiger partial charge on any atom is -0.462 e. The number of hydrogen-bond acceptors (Lipinski definition) is 6. The Morgan fingerprint density at radius 3 is 0.735 bits per heavy atom. The predicted octanol–water partition coefficient (Wildman–Crippen LogP) is 24.8. The van der Waals surface area contributed by atoms with Crippen molar-refractivity contribution in [3.63, 3.8) is 0 Å². The zero-order valence-corrected chi connectivity index (χ0v) is 54.9. The Labute approximate surface area is 515 Å². The van der Waals surface area contributed by atoms with E-state index in [-0.39, 0.29) is 31.1 Å². The quantitative estimate of drug-likeness (QED) is 0.0261. The van der Waals surface area contributed by atoms with E-state index in [1.54, 1.807) is 0 Å². The second-order valence-electron chi connectivity index (χ2n) is 23.8. The molecule has 0 spiro atoms. The summed E-state index contributed by atoms with van der Waals surface area (Å²) in [7, 11) is 0. The molecule has 0 aromatic heterocycles. The lowest BCUT2D eigenvalue weighted by atomic mass is 10.0. The SMILES string of the molecule is CC/C=C\C/C=C\C/C=C\C/C=C\C/C=C\CCCCCCCCCC(=O)OCC(COC(=O)CCCCCCCCCCCCCCCCCCCCC)OC(=O)CCCCCCCCCC/C=C\C/C=C\C/C=C\CCCCCCC. The summed E-state index contributed by atoms with van der Waals surface area (Å²) in [5.41, 5.74) is 0. The van der Waals surface area contributed by atoms with E-state index in [0.29, 0.717) is 19.3 Å². The smallest absolute Gasteiger partial charge is 0.306 e. The van der Waals surface area contributed by atoms with E-state index in [0.717, 1.165) is 116 Å². The van der Waals surface area contributed by atoms with E-state index >= 15 is 0 Å². The number of esters is 3. The molecule has 0 heterocycles. The molecule has 0 fully saturated rings. The number of hydrogen-bond donors (Lipinski definition) is 0. The van der Waals surface area contributed by atoms with Crippen molar-refractivity contribution in [2.75, 3.05) is 13.2 Å². The molecule has 6 nitrogen and oxygen atoms in total. The van der Waals surface area contributed by atoms with Crippen LogP contribution in [0.2, 0.25) is 0 Å².